The maximum Gasteiger partial charge on any atom is 0.304 e. The molecule has 1 aliphatic rings. The van der Waals surface area contributed by atoms with Crippen LogP contribution < -0.4 is 0 Å². The molecule has 2 heterocycles. The van der Waals surface area contributed by atoms with E-state index in [1.807, 2.05) is 42.5 Å². The van der Waals surface area contributed by atoms with Crippen molar-refractivity contribution in [3.8, 4) is 0 Å². The van der Waals surface area contributed by atoms with E-state index in [9.17, 15) is 14.7 Å². The number of hydrogen-bond donors (Lipinski definition) is 2. The summed E-state index contributed by atoms with van der Waals surface area (Å²) in [5.74, 6) is -1.61. The van der Waals surface area contributed by atoms with Crippen molar-refractivity contribution >= 4 is 22.8 Å². The van der Waals surface area contributed by atoms with Gasteiger partial charge in [-0.2, -0.15) is 5.10 Å². The maximum atomic E-state index is 13.1. The van der Waals surface area contributed by atoms with Crippen molar-refractivity contribution in [2.45, 2.75) is 25.9 Å². The Hall–Kier alpha value is -3.15. The molecule has 0 aliphatic carbocycles. The van der Waals surface area contributed by atoms with Crippen LogP contribution >= 0.6 is 0 Å². The van der Waals surface area contributed by atoms with E-state index >= 15 is 0 Å². The Bertz CT molecular complexity index is 965. The molecule has 0 saturated heterocycles. The molecular formula is C20H19N3O3. The van der Waals surface area contributed by atoms with Crippen molar-refractivity contribution < 1.29 is 14.7 Å². The molecule has 0 fully saturated rings. The molecule has 1 atom stereocenters. The Kier molecular flexibility index (Phi) is 4.16. The molecule has 2 N–H and O–H groups in total. The summed E-state index contributed by atoms with van der Waals surface area (Å²) in [5.41, 5.74) is 4.02. The summed E-state index contributed by atoms with van der Waals surface area (Å²) in [4.78, 5) is 26.1. The fourth-order valence-electron chi connectivity index (χ4n) is 3.69. The lowest BCUT2D eigenvalue weighted by Gasteiger charge is -2.24. The van der Waals surface area contributed by atoms with Crippen molar-refractivity contribution in [3.63, 3.8) is 0 Å². The zero-order valence-electron chi connectivity index (χ0n) is 14.2. The lowest BCUT2D eigenvalue weighted by molar-refractivity contribution is -0.144. The molecule has 6 nitrogen and oxygen atoms in total. The molecule has 4 rings (SSSR count). The minimum absolute atomic E-state index is 0.107. The van der Waals surface area contributed by atoms with Gasteiger partial charge in [0.25, 0.3) is 0 Å². The first-order valence-corrected chi connectivity index (χ1v) is 8.60. The van der Waals surface area contributed by atoms with Gasteiger partial charge in [0.05, 0.1) is 24.1 Å². The van der Waals surface area contributed by atoms with Crippen molar-refractivity contribution in [1.82, 2.24) is 15.1 Å². The number of fused-ring (bicyclic) bond motifs is 3. The summed E-state index contributed by atoms with van der Waals surface area (Å²) < 4.78 is 0. The summed E-state index contributed by atoms with van der Waals surface area (Å²) in [7, 11) is 0. The number of aromatic amines is 1. The van der Waals surface area contributed by atoms with Gasteiger partial charge < -0.3 is 10.0 Å². The highest BCUT2D eigenvalue weighted by Gasteiger charge is 2.32. The van der Waals surface area contributed by atoms with Gasteiger partial charge in [0, 0.05) is 18.5 Å². The fraction of sp³-hybridized carbons (Fsp3) is 0.250. The van der Waals surface area contributed by atoms with E-state index in [1.54, 1.807) is 11.1 Å². The number of hydrogen-bond acceptors (Lipinski definition) is 3. The largest absolute Gasteiger partial charge is 0.481 e. The SMILES string of the molecule is O=C(O)C[C@@H]1Cc2ccc3[nH]ncc3c2CN(Cc2ccccc2)C1=O. The lowest BCUT2D eigenvalue weighted by Crippen LogP contribution is -2.35. The van der Waals surface area contributed by atoms with Gasteiger partial charge in [-0.25, -0.2) is 0 Å². The predicted molar refractivity (Wildman–Crippen MR) is 96.2 cm³/mol. The average Bonchev–Trinajstić information content (AvgIpc) is 3.06. The van der Waals surface area contributed by atoms with E-state index < -0.39 is 11.9 Å². The van der Waals surface area contributed by atoms with Crippen LogP contribution in [0.15, 0.2) is 48.7 Å². The monoisotopic (exact) mass is 349 g/mol. The van der Waals surface area contributed by atoms with Crippen molar-refractivity contribution in [2.24, 2.45) is 5.92 Å². The van der Waals surface area contributed by atoms with Gasteiger partial charge in [0.15, 0.2) is 0 Å². The Labute approximate surface area is 150 Å². The van der Waals surface area contributed by atoms with E-state index in [0.29, 0.717) is 19.5 Å². The number of amides is 1. The van der Waals surface area contributed by atoms with Gasteiger partial charge in [-0.3, -0.25) is 14.7 Å². The molecule has 0 spiro atoms. The molecule has 0 radical (unpaired) electrons. The predicted octanol–water partition coefficient (Wildman–Crippen LogP) is 2.74. The van der Waals surface area contributed by atoms with Crippen LogP contribution in [0.4, 0.5) is 0 Å². The quantitative estimate of drug-likeness (QED) is 0.758. The normalized spacial score (nSPS) is 17.2. The number of H-pyrrole nitrogens is 1. The summed E-state index contributed by atoms with van der Waals surface area (Å²) in [6.45, 7) is 0.916. The zero-order valence-corrected chi connectivity index (χ0v) is 14.2. The zero-order chi connectivity index (χ0) is 18.1. The van der Waals surface area contributed by atoms with Gasteiger partial charge in [-0.1, -0.05) is 36.4 Å². The van der Waals surface area contributed by atoms with Crippen molar-refractivity contribution in [1.29, 1.82) is 0 Å². The third-order valence-corrected chi connectivity index (χ3v) is 4.95. The molecule has 1 amide bonds. The van der Waals surface area contributed by atoms with Crippen LogP contribution in [0, 0.1) is 5.92 Å². The van der Waals surface area contributed by atoms with Crippen LogP contribution in [0.25, 0.3) is 10.9 Å². The number of benzene rings is 2. The first-order chi connectivity index (χ1) is 12.6. The fourth-order valence-corrected chi connectivity index (χ4v) is 3.69. The molecule has 3 aromatic rings. The third-order valence-electron chi connectivity index (χ3n) is 4.95. The molecule has 2 aromatic carbocycles. The minimum Gasteiger partial charge on any atom is -0.481 e. The van der Waals surface area contributed by atoms with E-state index in [2.05, 4.69) is 10.2 Å². The Morgan fingerprint density at radius 2 is 2.04 bits per heavy atom. The van der Waals surface area contributed by atoms with Crippen LogP contribution in [0.3, 0.4) is 0 Å². The summed E-state index contributed by atoms with van der Waals surface area (Å²) >= 11 is 0. The van der Waals surface area contributed by atoms with Gasteiger partial charge in [-0.05, 0) is 29.2 Å². The Morgan fingerprint density at radius 1 is 1.23 bits per heavy atom. The number of carboxylic acids is 1. The topological polar surface area (TPSA) is 86.3 Å². The molecule has 0 bridgehead atoms. The molecule has 6 heteroatoms. The highest BCUT2D eigenvalue weighted by atomic mass is 16.4. The molecule has 132 valence electrons. The van der Waals surface area contributed by atoms with Crippen LogP contribution in [0.1, 0.15) is 23.1 Å². The van der Waals surface area contributed by atoms with Crippen LogP contribution in [0.5, 0.6) is 0 Å². The van der Waals surface area contributed by atoms with Crippen LogP contribution in [-0.2, 0) is 29.1 Å². The lowest BCUT2D eigenvalue weighted by atomic mass is 9.93. The standard InChI is InChI=1S/C20H19N3O3/c24-19(25)9-15-8-14-6-7-18-16(10-21-22-18)17(14)12-23(20(15)26)11-13-4-2-1-3-5-13/h1-7,10,15H,8-9,11-12H2,(H,21,22)(H,24,25)/t15-/m0/s1. The van der Waals surface area contributed by atoms with Gasteiger partial charge in [0.1, 0.15) is 0 Å². The number of rotatable bonds is 4. The molecular weight excluding hydrogens is 330 g/mol. The van der Waals surface area contributed by atoms with E-state index in [4.69, 9.17) is 0 Å². The average molecular weight is 349 g/mol. The van der Waals surface area contributed by atoms with Crippen LogP contribution in [0.2, 0.25) is 0 Å². The summed E-state index contributed by atoms with van der Waals surface area (Å²) in [6.07, 6.45) is 2.05. The smallest absolute Gasteiger partial charge is 0.304 e. The highest BCUT2D eigenvalue weighted by molar-refractivity contribution is 5.87. The first-order valence-electron chi connectivity index (χ1n) is 8.60. The van der Waals surface area contributed by atoms with Crippen molar-refractivity contribution in [2.75, 3.05) is 0 Å². The molecule has 1 aliphatic heterocycles. The van der Waals surface area contributed by atoms with E-state index in [0.717, 1.165) is 27.6 Å². The van der Waals surface area contributed by atoms with Crippen molar-refractivity contribution in [3.05, 3.63) is 65.4 Å². The second-order valence-corrected chi connectivity index (χ2v) is 6.71. The Morgan fingerprint density at radius 3 is 2.81 bits per heavy atom. The molecule has 26 heavy (non-hydrogen) atoms. The number of carbonyl (C=O) groups excluding carboxylic acids is 1. The molecule has 0 unspecified atom stereocenters. The van der Waals surface area contributed by atoms with Gasteiger partial charge >= 0.3 is 5.97 Å². The second-order valence-electron chi connectivity index (χ2n) is 6.71. The van der Waals surface area contributed by atoms with E-state index in [-0.39, 0.29) is 12.3 Å². The highest BCUT2D eigenvalue weighted by Crippen LogP contribution is 2.30. The number of nitrogens with one attached hydrogen (secondary N) is 1. The minimum atomic E-state index is -0.948. The number of nitrogens with zero attached hydrogens (tertiary/aromatic N) is 2. The first kappa shape index (κ1) is 16.3. The molecule has 1 aromatic heterocycles. The second kappa shape index (κ2) is 6.63. The van der Waals surface area contributed by atoms with Gasteiger partial charge in [0.2, 0.25) is 5.91 Å². The maximum absolute atomic E-state index is 13.1. The summed E-state index contributed by atoms with van der Waals surface area (Å²) in [6, 6.07) is 13.7. The summed E-state index contributed by atoms with van der Waals surface area (Å²) in [5, 5.41) is 17.3. The third kappa shape index (κ3) is 3.06. The number of carboxylic acid groups (broad SMARTS) is 1. The number of carbonyl (C=O) groups is 2. The van der Waals surface area contributed by atoms with Gasteiger partial charge in [-0.15, -0.1) is 0 Å². The van der Waals surface area contributed by atoms with E-state index in [1.165, 1.54) is 0 Å². The number of aliphatic carboxylic acids is 1. The van der Waals surface area contributed by atoms with Crippen LogP contribution in [-0.4, -0.2) is 32.1 Å². The number of aromatic nitrogens is 2. The Balaban J connectivity index is 1.76. The molecule has 0 saturated carbocycles.